The molecule has 2 amide bonds. The van der Waals surface area contributed by atoms with Crippen molar-refractivity contribution in [3.63, 3.8) is 0 Å². The van der Waals surface area contributed by atoms with Crippen molar-refractivity contribution in [2.75, 3.05) is 17.2 Å². The second kappa shape index (κ2) is 9.63. The van der Waals surface area contributed by atoms with E-state index in [1.165, 1.54) is 35.6 Å². The zero-order valence-corrected chi connectivity index (χ0v) is 17.1. The van der Waals surface area contributed by atoms with Crippen LogP contribution in [0.2, 0.25) is 0 Å². The first-order valence-electron chi connectivity index (χ1n) is 9.01. The van der Waals surface area contributed by atoms with Crippen molar-refractivity contribution in [3.8, 4) is 0 Å². The van der Waals surface area contributed by atoms with Gasteiger partial charge in [-0.05, 0) is 42.1 Å². The van der Waals surface area contributed by atoms with Gasteiger partial charge < -0.3 is 15.4 Å². The molecule has 0 aliphatic rings. The van der Waals surface area contributed by atoms with E-state index in [4.69, 9.17) is 4.74 Å². The van der Waals surface area contributed by atoms with Crippen LogP contribution in [0.5, 0.6) is 0 Å². The number of para-hydroxylation sites is 1. The Labute approximate surface area is 180 Å². The van der Waals surface area contributed by atoms with Gasteiger partial charge in [-0.2, -0.15) is 0 Å². The Morgan fingerprint density at radius 3 is 2.52 bits per heavy atom. The molecule has 2 N–H and O–H groups in total. The number of hydrogen-bond acceptors (Lipinski definition) is 7. The molecule has 3 aromatic rings. The number of hydrogen-bond donors (Lipinski definition) is 2. The van der Waals surface area contributed by atoms with E-state index in [1.807, 2.05) is 0 Å². The average Bonchev–Trinajstić information content (AvgIpc) is 3.28. The van der Waals surface area contributed by atoms with E-state index in [0.29, 0.717) is 10.4 Å². The first kappa shape index (κ1) is 21.7. The zero-order valence-electron chi connectivity index (χ0n) is 16.3. The Morgan fingerprint density at radius 1 is 1.03 bits per heavy atom. The molecule has 1 aromatic heterocycles. The van der Waals surface area contributed by atoms with Crippen LogP contribution < -0.4 is 10.6 Å². The Morgan fingerprint density at radius 2 is 1.81 bits per heavy atom. The van der Waals surface area contributed by atoms with E-state index in [1.54, 1.807) is 42.6 Å². The molecule has 0 fully saturated rings. The lowest BCUT2D eigenvalue weighted by molar-refractivity contribution is -0.384. The number of amides is 2. The number of nitro groups is 1. The largest absolute Gasteiger partial charge is 0.452 e. The fraction of sp³-hybridized carbons (Fsp3) is 0.0952. The van der Waals surface area contributed by atoms with Crippen LogP contribution in [-0.2, 0) is 9.53 Å². The number of aryl methyl sites for hydroxylation is 1. The summed E-state index contributed by atoms with van der Waals surface area (Å²) in [7, 11) is 0. The van der Waals surface area contributed by atoms with Crippen molar-refractivity contribution in [1.82, 2.24) is 0 Å². The van der Waals surface area contributed by atoms with E-state index >= 15 is 0 Å². The molecule has 0 radical (unpaired) electrons. The number of benzene rings is 2. The van der Waals surface area contributed by atoms with Gasteiger partial charge in [0.1, 0.15) is 5.69 Å². The number of rotatable bonds is 7. The maximum atomic E-state index is 12.5. The van der Waals surface area contributed by atoms with Crippen LogP contribution in [0.25, 0.3) is 0 Å². The normalized spacial score (nSPS) is 10.2. The molecule has 0 bridgehead atoms. The van der Waals surface area contributed by atoms with Crippen LogP contribution in [0.3, 0.4) is 0 Å². The highest BCUT2D eigenvalue weighted by Crippen LogP contribution is 2.25. The molecule has 0 unspecified atom stereocenters. The van der Waals surface area contributed by atoms with Crippen LogP contribution in [0, 0.1) is 17.0 Å². The first-order chi connectivity index (χ1) is 14.8. The van der Waals surface area contributed by atoms with Crippen molar-refractivity contribution in [2.45, 2.75) is 6.92 Å². The number of carbonyl (C=O) groups excluding carboxylic acids is 3. The highest BCUT2D eigenvalue weighted by atomic mass is 32.1. The lowest BCUT2D eigenvalue weighted by Crippen LogP contribution is -2.22. The van der Waals surface area contributed by atoms with Crippen LogP contribution >= 0.6 is 11.3 Å². The minimum absolute atomic E-state index is 0.000241. The summed E-state index contributed by atoms with van der Waals surface area (Å²) in [5, 5.41) is 17.9. The van der Waals surface area contributed by atoms with Crippen LogP contribution in [0.1, 0.15) is 25.6 Å². The van der Waals surface area contributed by atoms with Crippen molar-refractivity contribution < 1.29 is 24.0 Å². The van der Waals surface area contributed by atoms with Crippen molar-refractivity contribution in [3.05, 3.63) is 86.1 Å². The second-order valence-electron chi connectivity index (χ2n) is 6.38. The van der Waals surface area contributed by atoms with E-state index in [-0.39, 0.29) is 28.5 Å². The van der Waals surface area contributed by atoms with E-state index in [2.05, 4.69) is 10.6 Å². The Hall–Kier alpha value is -4.05. The van der Waals surface area contributed by atoms with Crippen LogP contribution in [0.4, 0.5) is 17.1 Å². The second-order valence-corrected chi connectivity index (χ2v) is 7.33. The summed E-state index contributed by atoms with van der Waals surface area (Å²) in [6.45, 7) is 1.03. The summed E-state index contributed by atoms with van der Waals surface area (Å²) < 4.78 is 5.03. The lowest BCUT2D eigenvalue weighted by Gasteiger charge is -2.11. The molecule has 3 rings (SSSR count). The number of carbonyl (C=O) groups is 3. The van der Waals surface area contributed by atoms with Crippen molar-refractivity contribution in [1.29, 1.82) is 0 Å². The maximum absolute atomic E-state index is 12.5. The van der Waals surface area contributed by atoms with Crippen LogP contribution in [0.15, 0.2) is 60.0 Å². The summed E-state index contributed by atoms with van der Waals surface area (Å²) in [5.41, 5.74) is 0.709. The molecule has 31 heavy (non-hydrogen) atoms. The summed E-state index contributed by atoms with van der Waals surface area (Å²) in [6.07, 6.45) is 0. The SMILES string of the molecule is Cc1ccc(NC(=O)COC(=O)c2ccccc2NC(=O)c2cccs2)c([N+](=O)[O-])c1. The Balaban J connectivity index is 1.64. The first-order valence-corrected chi connectivity index (χ1v) is 9.89. The van der Waals surface area contributed by atoms with Gasteiger partial charge >= 0.3 is 5.97 Å². The van der Waals surface area contributed by atoms with Gasteiger partial charge in [0.05, 0.1) is 21.1 Å². The van der Waals surface area contributed by atoms with Gasteiger partial charge in [0.15, 0.2) is 6.61 Å². The smallest absolute Gasteiger partial charge is 0.340 e. The highest BCUT2D eigenvalue weighted by molar-refractivity contribution is 7.12. The molecule has 1 heterocycles. The number of nitrogens with zero attached hydrogens (tertiary/aromatic N) is 1. The summed E-state index contributed by atoms with van der Waals surface area (Å²) >= 11 is 1.25. The fourth-order valence-electron chi connectivity index (χ4n) is 2.66. The van der Waals surface area contributed by atoms with Gasteiger partial charge in [-0.1, -0.05) is 24.3 Å². The number of nitro benzene ring substituents is 1. The molecule has 0 atom stereocenters. The predicted molar refractivity (Wildman–Crippen MR) is 115 cm³/mol. The topological polar surface area (TPSA) is 128 Å². The molecule has 0 spiro atoms. The van der Waals surface area contributed by atoms with Gasteiger partial charge in [0, 0.05) is 6.07 Å². The minimum atomic E-state index is -0.823. The van der Waals surface area contributed by atoms with E-state index in [9.17, 15) is 24.5 Å². The Bertz CT molecular complexity index is 1140. The highest BCUT2D eigenvalue weighted by Gasteiger charge is 2.19. The molecule has 0 saturated carbocycles. The standard InChI is InChI=1S/C21H17N3O6S/c1-13-8-9-16(17(11-13)24(28)29)22-19(25)12-30-21(27)14-5-2-3-6-15(14)23-20(26)18-7-4-10-31-18/h2-11H,12H2,1H3,(H,22,25)(H,23,26). The van der Waals surface area contributed by atoms with Gasteiger partial charge in [-0.15, -0.1) is 11.3 Å². The van der Waals surface area contributed by atoms with Crippen molar-refractivity contribution in [2.24, 2.45) is 0 Å². The molecule has 158 valence electrons. The average molecular weight is 439 g/mol. The molecule has 9 nitrogen and oxygen atoms in total. The minimum Gasteiger partial charge on any atom is -0.452 e. The third-order valence-electron chi connectivity index (χ3n) is 4.10. The number of ether oxygens (including phenoxy) is 1. The maximum Gasteiger partial charge on any atom is 0.340 e. The third kappa shape index (κ3) is 5.52. The molecule has 2 aromatic carbocycles. The number of esters is 1. The predicted octanol–water partition coefficient (Wildman–Crippen LogP) is 4.01. The van der Waals surface area contributed by atoms with Gasteiger partial charge in [0.2, 0.25) is 0 Å². The Kier molecular flexibility index (Phi) is 6.73. The number of nitrogens with one attached hydrogen (secondary N) is 2. The molecule has 0 aliphatic heterocycles. The number of thiophene rings is 1. The lowest BCUT2D eigenvalue weighted by atomic mass is 10.1. The molecule has 10 heteroatoms. The zero-order chi connectivity index (χ0) is 22.4. The molecule has 0 saturated heterocycles. The van der Waals surface area contributed by atoms with Crippen molar-refractivity contribution >= 4 is 46.2 Å². The van der Waals surface area contributed by atoms with Gasteiger partial charge in [-0.3, -0.25) is 19.7 Å². The fourth-order valence-corrected chi connectivity index (χ4v) is 3.27. The van der Waals surface area contributed by atoms with E-state index in [0.717, 1.165) is 0 Å². The summed E-state index contributed by atoms with van der Waals surface area (Å²) in [4.78, 5) is 47.9. The van der Waals surface area contributed by atoms with E-state index < -0.39 is 23.4 Å². The number of anilines is 2. The molecular formula is C21H17N3O6S. The monoisotopic (exact) mass is 439 g/mol. The van der Waals surface area contributed by atoms with Crippen LogP contribution in [-0.4, -0.2) is 29.3 Å². The van der Waals surface area contributed by atoms with Gasteiger partial charge in [-0.25, -0.2) is 4.79 Å². The summed E-state index contributed by atoms with van der Waals surface area (Å²) in [5.74, 6) is -1.93. The molecular weight excluding hydrogens is 422 g/mol. The molecule has 0 aliphatic carbocycles. The quantitative estimate of drug-likeness (QED) is 0.325. The third-order valence-corrected chi connectivity index (χ3v) is 4.97. The summed E-state index contributed by atoms with van der Waals surface area (Å²) in [6, 6.07) is 14.0. The van der Waals surface area contributed by atoms with Gasteiger partial charge in [0.25, 0.3) is 17.5 Å².